The summed E-state index contributed by atoms with van der Waals surface area (Å²) in [6.07, 6.45) is 0. The van der Waals surface area contributed by atoms with Crippen molar-refractivity contribution in [1.82, 2.24) is 0 Å². The first kappa shape index (κ1) is 19.4. The molecule has 0 bridgehead atoms. The fourth-order valence-electron chi connectivity index (χ4n) is 3.07. The first-order valence-electron chi connectivity index (χ1n) is 8.77. The quantitative estimate of drug-likeness (QED) is 0.425. The van der Waals surface area contributed by atoms with Crippen LogP contribution in [0.25, 0.3) is 0 Å². The second-order valence-electron chi connectivity index (χ2n) is 6.37. The summed E-state index contributed by atoms with van der Waals surface area (Å²) in [5.74, 6) is 1.33. The Kier molecular flexibility index (Phi) is 5.95. The molecule has 0 N–H and O–H groups in total. The summed E-state index contributed by atoms with van der Waals surface area (Å²) in [4.78, 5) is 14.3. The van der Waals surface area contributed by atoms with Gasteiger partial charge in [0.2, 0.25) is 5.91 Å². The highest BCUT2D eigenvalue weighted by atomic mass is 79.9. The summed E-state index contributed by atoms with van der Waals surface area (Å²) in [6.45, 7) is 0.506. The van der Waals surface area contributed by atoms with Crippen molar-refractivity contribution in [2.75, 3.05) is 10.7 Å². The zero-order valence-electron chi connectivity index (χ0n) is 14.8. The summed E-state index contributed by atoms with van der Waals surface area (Å²) < 4.78 is 6.81. The van der Waals surface area contributed by atoms with E-state index in [2.05, 4.69) is 15.9 Å². The molecular weight excluding hydrogens is 458 g/mol. The monoisotopic (exact) mass is 473 g/mol. The number of carbonyl (C=O) groups excluding carboxylic acids is 1. The van der Waals surface area contributed by atoms with Crippen LogP contribution in [0.3, 0.4) is 0 Å². The van der Waals surface area contributed by atoms with Gasteiger partial charge in [0.05, 0.1) is 10.2 Å². The second kappa shape index (κ2) is 8.60. The van der Waals surface area contributed by atoms with Crippen LogP contribution < -0.4 is 9.64 Å². The Morgan fingerprint density at radius 3 is 2.54 bits per heavy atom. The minimum Gasteiger partial charge on any atom is -0.488 e. The van der Waals surface area contributed by atoms with Gasteiger partial charge in [-0.2, -0.15) is 0 Å². The normalized spacial score (nSPS) is 16.4. The molecule has 0 aliphatic carbocycles. The lowest BCUT2D eigenvalue weighted by Crippen LogP contribution is -2.27. The smallest absolute Gasteiger partial charge is 0.238 e. The summed E-state index contributed by atoms with van der Waals surface area (Å²) in [5, 5.41) is 0.579. The number of rotatable bonds is 5. The average molecular weight is 475 g/mol. The molecule has 1 heterocycles. The van der Waals surface area contributed by atoms with Gasteiger partial charge < -0.3 is 4.74 Å². The third kappa shape index (κ3) is 4.22. The van der Waals surface area contributed by atoms with Crippen LogP contribution in [0.4, 0.5) is 5.69 Å². The highest BCUT2D eigenvalue weighted by Crippen LogP contribution is 2.43. The fourth-order valence-corrected chi connectivity index (χ4v) is 4.88. The van der Waals surface area contributed by atoms with E-state index in [1.54, 1.807) is 23.9 Å². The van der Waals surface area contributed by atoms with E-state index in [1.807, 2.05) is 65.6 Å². The zero-order valence-corrected chi connectivity index (χ0v) is 18.0. The number of benzene rings is 3. The number of ether oxygens (including phenoxy) is 1. The summed E-state index contributed by atoms with van der Waals surface area (Å²) in [7, 11) is 0. The molecule has 0 unspecified atom stereocenters. The third-order valence-corrected chi connectivity index (χ3v) is 6.53. The van der Waals surface area contributed by atoms with E-state index in [0.717, 1.165) is 27.0 Å². The van der Waals surface area contributed by atoms with Crippen LogP contribution >= 0.6 is 39.3 Å². The molecule has 1 atom stereocenters. The molecule has 0 spiro atoms. The molecule has 3 nitrogen and oxygen atoms in total. The maximum absolute atomic E-state index is 12.5. The fraction of sp³-hybridized carbons (Fsp3) is 0.136. The predicted octanol–water partition coefficient (Wildman–Crippen LogP) is 6.46. The van der Waals surface area contributed by atoms with Gasteiger partial charge in [-0.1, -0.05) is 48.0 Å². The molecular formula is C22H17BrClNO2S. The van der Waals surface area contributed by atoms with Gasteiger partial charge in [-0.05, 0) is 63.5 Å². The molecule has 28 heavy (non-hydrogen) atoms. The molecule has 6 heteroatoms. The molecule has 1 fully saturated rings. The van der Waals surface area contributed by atoms with E-state index in [1.165, 1.54) is 0 Å². The van der Waals surface area contributed by atoms with Crippen molar-refractivity contribution in [3.8, 4) is 5.75 Å². The van der Waals surface area contributed by atoms with Crippen LogP contribution in [-0.4, -0.2) is 11.7 Å². The predicted molar refractivity (Wildman–Crippen MR) is 119 cm³/mol. The maximum atomic E-state index is 12.5. The molecule has 3 aromatic carbocycles. The summed E-state index contributed by atoms with van der Waals surface area (Å²) >= 11 is 11.2. The first-order valence-corrected chi connectivity index (χ1v) is 11.0. The van der Waals surface area contributed by atoms with Gasteiger partial charge in [-0.15, -0.1) is 11.8 Å². The number of carbonyl (C=O) groups is 1. The largest absolute Gasteiger partial charge is 0.488 e. The van der Waals surface area contributed by atoms with Gasteiger partial charge in [0.15, 0.2) is 0 Å². The lowest BCUT2D eigenvalue weighted by molar-refractivity contribution is -0.115. The molecule has 142 valence electrons. The third-order valence-electron chi connectivity index (χ3n) is 4.45. The number of anilines is 1. The van der Waals surface area contributed by atoms with Crippen molar-refractivity contribution in [3.05, 3.63) is 93.4 Å². The van der Waals surface area contributed by atoms with Gasteiger partial charge in [-0.25, -0.2) is 0 Å². The molecule has 1 aliphatic heterocycles. The molecule has 1 amide bonds. The van der Waals surface area contributed by atoms with E-state index in [0.29, 0.717) is 17.4 Å². The zero-order chi connectivity index (χ0) is 19.5. The number of halogens is 2. The van der Waals surface area contributed by atoms with Crippen molar-refractivity contribution in [1.29, 1.82) is 0 Å². The van der Waals surface area contributed by atoms with E-state index in [4.69, 9.17) is 16.3 Å². The molecule has 4 rings (SSSR count). The molecule has 1 saturated heterocycles. The van der Waals surface area contributed by atoms with Crippen molar-refractivity contribution in [3.63, 3.8) is 0 Å². The van der Waals surface area contributed by atoms with Gasteiger partial charge in [-0.3, -0.25) is 9.69 Å². The Morgan fingerprint density at radius 1 is 1.07 bits per heavy atom. The molecule has 3 aromatic rings. The Balaban J connectivity index is 1.54. The Labute approximate surface area is 181 Å². The summed E-state index contributed by atoms with van der Waals surface area (Å²) in [6, 6.07) is 23.4. The van der Waals surface area contributed by atoms with Gasteiger partial charge in [0.25, 0.3) is 0 Å². The average Bonchev–Trinajstić information content (AvgIpc) is 3.10. The Bertz CT molecular complexity index is 982. The van der Waals surface area contributed by atoms with Crippen LogP contribution in [-0.2, 0) is 11.4 Å². The summed E-state index contributed by atoms with van der Waals surface area (Å²) in [5.41, 5.74) is 3.01. The topological polar surface area (TPSA) is 29.5 Å². The molecule has 0 saturated carbocycles. The SMILES string of the molecule is O=C1CS[C@@H](c2ccc(OCc3ccccc3)c(Br)c2)N1c1ccc(Cl)cc1. The number of hydrogen-bond acceptors (Lipinski definition) is 3. The van der Waals surface area contributed by atoms with Crippen molar-refractivity contribution in [2.45, 2.75) is 12.0 Å². The highest BCUT2D eigenvalue weighted by Gasteiger charge is 2.34. The van der Waals surface area contributed by atoms with Crippen molar-refractivity contribution < 1.29 is 9.53 Å². The minimum absolute atomic E-state index is 0.0758. The van der Waals surface area contributed by atoms with Gasteiger partial charge in [0.1, 0.15) is 17.7 Å². The molecule has 1 aliphatic rings. The van der Waals surface area contributed by atoms with E-state index in [9.17, 15) is 4.79 Å². The molecule has 0 aromatic heterocycles. The number of nitrogens with zero attached hydrogens (tertiary/aromatic N) is 1. The van der Waals surface area contributed by atoms with Crippen molar-refractivity contribution >= 4 is 50.9 Å². The second-order valence-corrected chi connectivity index (χ2v) is 8.73. The lowest BCUT2D eigenvalue weighted by atomic mass is 10.1. The van der Waals surface area contributed by atoms with E-state index in [-0.39, 0.29) is 11.3 Å². The van der Waals surface area contributed by atoms with Gasteiger partial charge >= 0.3 is 0 Å². The number of amides is 1. The van der Waals surface area contributed by atoms with Gasteiger partial charge in [0, 0.05) is 10.7 Å². The van der Waals surface area contributed by atoms with E-state index < -0.39 is 0 Å². The van der Waals surface area contributed by atoms with Crippen LogP contribution in [0.15, 0.2) is 77.3 Å². The standard InChI is InChI=1S/C22H17BrClNO2S/c23-19-12-16(6-11-20(19)27-13-15-4-2-1-3-5-15)22-25(21(26)14-28-22)18-9-7-17(24)8-10-18/h1-12,22H,13-14H2/t22-/m0/s1. The maximum Gasteiger partial charge on any atom is 0.238 e. The highest BCUT2D eigenvalue weighted by molar-refractivity contribution is 9.10. The minimum atomic E-state index is -0.0758. The van der Waals surface area contributed by atoms with Crippen LogP contribution in [0.2, 0.25) is 5.02 Å². The lowest BCUT2D eigenvalue weighted by Gasteiger charge is -2.25. The Morgan fingerprint density at radius 2 is 1.82 bits per heavy atom. The number of hydrogen-bond donors (Lipinski definition) is 0. The molecule has 0 radical (unpaired) electrons. The number of thioether (sulfide) groups is 1. The van der Waals surface area contributed by atoms with E-state index >= 15 is 0 Å². The van der Waals surface area contributed by atoms with Crippen molar-refractivity contribution in [2.24, 2.45) is 0 Å². The van der Waals surface area contributed by atoms with Crippen LogP contribution in [0, 0.1) is 0 Å². The van der Waals surface area contributed by atoms with Crippen LogP contribution in [0.5, 0.6) is 5.75 Å². The Hall–Kier alpha value is -1.95. The van der Waals surface area contributed by atoms with Crippen LogP contribution in [0.1, 0.15) is 16.5 Å². The first-order chi connectivity index (χ1) is 13.6.